The van der Waals surface area contributed by atoms with Gasteiger partial charge in [0.1, 0.15) is 0 Å². The number of carbonyl (C=O) groups excluding carboxylic acids is 2. The summed E-state index contributed by atoms with van der Waals surface area (Å²) in [5, 5.41) is 1.24. The lowest BCUT2D eigenvalue weighted by Crippen LogP contribution is -2.38. The highest BCUT2D eigenvalue weighted by Crippen LogP contribution is 2.24. The van der Waals surface area contributed by atoms with Crippen LogP contribution in [0.3, 0.4) is 0 Å². The smallest absolute Gasteiger partial charge is 0.227 e. The van der Waals surface area contributed by atoms with Crippen molar-refractivity contribution in [3.8, 4) is 0 Å². The molecule has 0 radical (unpaired) electrons. The van der Waals surface area contributed by atoms with Gasteiger partial charge in [-0.3, -0.25) is 9.59 Å². The molecule has 1 aromatic carbocycles. The zero-order valence-electron chi connectivity index (χ0n) is 16.2. The fourth-order valence-corrected chi connectivity index (χ4v) is 4.46. The lowest BCUT2D eigenvalue weighted by Gasteiger charge is -2.24. The maximum absolute atomic E-state index is 12.8. The molecule has 2 aliphatic heterocycles. The summed E-state index contributed by atoms with van der Waals surface area (Å²) in [6.45, 7) is 5.08. The molecule has 5 nitrogen and oxygen atoms in total. The highest BCUT2D eigenvalue weighted by Gasteiger charge is 2.36. The third kappa shape index (κ3) is 3.87. The number of hydrogen-bond acceptors (Lipinski definition) is 2. The average Bonchev–Trinajstić information content (AvgIpc) is 3.11. The Morgan fingerprint density at radius 3 is 2.74 bits per heavy atom. The summed E-state index contributed by atoms with van der Waals surface area (Å²) in [5.74, 6) is 0.162. The van der Waals surface area contributed by atoms with Gasteiger partial charge in [-0.2, -0.15) is 0 Å². The van der Waals surface area contributed by atoms with Crippen LogP contribution in [0.1, 0.15) is 43.2 Å². The minimum atomic E-state index is -0.152. The second kappa shape index (κ2) is 7.75. The van der Waals surface area contributed by atoms with E-state index in [-0.39, 0.29) is 17.7 Å². The van der Waals surface area contributed by atoms with Gasteiger partial charge in [0.25, 0.3) is 0 Å². The quantitative estimate of drug-likeness (QED) is 0.902. The number of nitrogens with one attached hydrogen (secondary N) is 1. The largest absolute Gasteiger partial charge is 0.361 e. The summed E-state index contributed by atoms with van der Waals surface area (Å²) >= 11 is 0. The predicted molar refractivity (Wildman–Crippen MR) is 106 cm³/mol. The lowest BCUT2D eigenvalue weighted by atomic mass is 10.1. The molecule has 2 amide bonds. The Hall–Kier alpha value is -2.30. The third-order valence-corrected chi connectivity index (χ3v) is 6.06. The van der Waals surface area contributed by atoms with Gasteiger partial charge in [0.2, 0.25) is 11.8 Å². The molecule has 0 unspecified atom stereocenters. The monoisotopic (exact) mass is 367 g/mol. The Balaban J connectivity index is 1.37. The molecule has 2 saturated heterocycles. The van der Waals surface area contributed by atoms with Gasteiger partial charge < -0.3 is 14.8 Å². The molecule has 3 heterocycles. The molecule has 0 bridgehead atoms. The molecule has 2 fully saturated rings. The molecule has 5 heteroatoms. The van der Waals surface area contributed by atoms with Gasteiger partial charge in [0, 0.05) is 49.7 Å². The molecule has 1 N–H and O–H groups in total. The minimum Gasteiger partial charge on any atom is -0.361 e. The Bertz CT molecular complexity index is 833. The van der Waals surface area contributed by atoms with Gasteiger partial charge in [-0.15, -0.1) is 0 Å². The summed E-state index contributed by atoms with van der Waals surface area (Å²) in [5.41, 5.74) is 3.62. The SMILES string of the molecule is Cc1ccc2[nH]cc(CCN3C[C@@H](C(=O)N4CCCCCC4)CC3=O)c2c1. The Kier molecular flexibility index (Phi) is 5.19. The van der Waals surface area contributed by atoms with Crippen molar-refractivity contribution < 1.29 is 9.59 Å². The number of fused-ring (bicyclic) bond motifs is 1. The van der Waals surface area contributed by atoms with E-state index in [1.54, 1.807) is 0 Å². The van der Waals surface area contributed by atoms with Gasteiger partial charge in [-0.05, 0) is 43.9 Å². The predicted octanol–water partition coefficient (Wildman–Crippen LogP) is 3.27. The van der Waals surface area contributed by atoms with E-state index in [0.717, 1.165) is 37.9 Å². The molecule has 27 heavy (non-hydrogen) atoms. The number of likely N-dealkylation sites (tertiary alicyclic amines) is 2. The Morgan fingerprint density at radius 2 is 1.96 bits per heavy atom. The van der Waals surface area contributed by atoms with Crippen LogP contribution in [-0.2, 0) is 16.0 Å². The van der Waals surface area contributed by atoms with E-state index in [1.165, 1.54) is 29.4 Å². The molecule has 0 saturated carbocycles. The molecule has 1 aromatic heterocycles. The van der Waals surface area contributed by atoms with Crippen molar-refractivity contribution in [2.75, 3.05) is 26.2 Å². The molecule has 4 rings (SSSR count). The second-order valence-corrected chi connectivity index (χ2v) is 8.09. The topological polar surface area (TPSA) is 56.4 Å². The van der Waals surface area contributed by atoms with Crippen LogP contribution in [0.15, 0.2) is 24.4 Å². The van der Waals surface area contributed by atoms with Crippen molar-refractivity contribution in [1.82, 2.24) is 14.8 Å². The van der Waals surface area contributed by atoms with Crippen LogP contribution in [0.25, 0.3) is 10.9 Å². The molecule has 144 valence electrons. The molecule has 0 aliphatic carbocycles. The highest BCUT2D eigenvalue weighted by atomic mass is 16.2. The third-order valence-electron chi connectivity index (χ3n) is 6.06. The first-order valence-electron chi connectivity index (χ1n) is 10.2. The van der Waals surface area contributed by atoms with Crippen LogP contribution in [0.2, 0.25) is 0 Å². The first kappa shape index (κ1) is 18.1. The van der Waals surface area contributed by atoms with Crippen molar-refractivity contribution in [3.05, 3.63) is 35.5 Å². The molecular weight excluding hydrogens is 338 g/mol. The van der Waals surface area contributed by atoms with Crippen LogP contribution in [0, 0.1) is 12.8 Å². The van der Waals surface area contributed by atoms with Gasteiger partial charge in [-0.1, -0.05) is 24.5 Å². The number of aromatic amines is 1. The minimum absolute atomic E-state index is 0.124. The van der Waals surface area contributed by atoms with E-state index in [0.29, 0.717) is 19.5 Å². The van der Waals surface area contributed by atoms with E-state index in [2.05, 4.69) is 30.1 Å². The number of amides is 2. The van der Waals surface area contributed by atoms with Crippen molar-refractivity contribution in [2.45, 2.75) is 45.4 Å². The fraction of sp³-hybridized carbons (Fsp3) is 0.545. The number of benzene rings is 1. The van der Waals surface area contributed by atoms with E-state index in [4.69, 9.17) is 0 Å². The van der Waals surface area contributed by atoms with Crippen LogP contribution >= 0.6 is 0 Å². The van der Waals surface area contributed by atoms with Crippen molar-refractivity contribution >= 4 is 22.7 Å². The summed E-state index contributed by atoms with van der Waals surface area (Å²) in [7, 11) is 0. The lowest BCUT2D eigenvalue weighted by molar-refractivity contribution is -0.135. The van der Waals surface area contributed by atoms with Gasteiger partial charge in [0.05, 0.1) is 5.92 Å². The van der Waals surface area contributed by atoms with Crippen LogP contribution < -0.4 is 0 Å². The van der Waals surface area contributed by atoms with Crippen molar-refractivity contribution in [3.63, 3.8) is 0 Å². The number of aryl methyl sites for hydroxylation is 1. The summed E-state index contributed by atoms with van der Waals surface area (Å²) in [6.07, 6.45) is 7.85. The van der Waals surface area contributed by atoms with Crippen LogP contribution in [0.4, 0.5) is 0 Å². The Morgan fingerprint density at radius 1 is 1.19 bits per heavy atom. The molecule has 2 aliphatic rings. The van der Waals surface area contributed by atoms with Gasteiger partial charge in [-0.25, -0.2) is 0 Å². The van der Waals surface area contributed by atoms with E-state index < -0.39 is 0 Å². The number of rotatable bonds is 4. The molecule has 1 atom stereocenters. The number of nitrogens with zero attached hydrogens (tertiary/aromatic N) is 2. The number of hydrogen-bond donors (Lipinski definition) is 1. The van der Waals surface area contributed by atoms with Crippen molar-refractivity contribution in [1.29, 1.82) is 0 Å². The average molecular weight is 367 g/mol. The zero-order chi connectivity index (χ0) is 18.8. The standard InChI is InChI=1S/C22H29N3O2/c1-16-6-7-20-19(12-16)17(14-23-20)8-11-25-15-18(13-21(25)26)22(27)24-9-4-2-3-5-10-24/h6-7,12,14,18,23H,2-5,8-11,13,15H2,1H3/t18-/m0/s1. The van der Waals surface area contributed by atoms with Crippen LogP contribution in [0.5, 0.6) is 0 Å². The maximum Gasteiger partial charge on any atom is 0.227 e. The molecule has 0 spiro atoms. The molecular formula is C22H29N3O2. The maximum atomic E-state index is 12.8. The highest BCUT2D eigenvalue weighted by molar-refractivity contribution is 5.89. The van der Waals surface area contributed by atoms with Gasteiger partial charge in [0.15, 0.2) is 0 Å². The second-order valence-electron chi connectivity index (χ2n) is 8.09. The number of aromatic nitrogens is 1. The van der Waals surface area contributed by atoms with E-state index in [1.807, 2.05) is 16.0 Å². The summed E-state index contributed by atoms with van der Waals surface area (Å²) < 4.78 is 0. The van der Waals surface area contributed by atoms with Gasteiger partial charge >= 0.3 is 0 Å². The normalized spacial score (nSPS) is 21.1. The first-order chi connectivity index (χ1) is 13.1. The number of carbonyl (C=O) groups is 2. The fourth-order valence-electron chi connectivity index (χ4n) is 4.46. The van der Waals surface area contributed by atoms with E-state index >= 15 is 0 Å². The van der Waals surface area contributed by atoms with Crippen molar-refractivity contribution in [2.24, 2.45) is 5.92 Å². The van der Waals surface area contributed by atoms with E-state index in [9.17, 15) is 9.59 Å². The number of H-pyrrole nitrogens is 1. The van der Waals surface area contributed by atoms with Crippen LogP contribution in [-0.4, -0.2) is 52.8 Å². The zero-order valence-corrected chi connectivity index (χ0v) is 16.2. The Labute approximate surface area is 160 Å². The first-order valence-corrected chi connectivity index (χ1v) is 10.2. The summed E-state index contributed by atoms with van der Waals surface area (Å²) in [6, 6.07) is 6.40. The summed E-state index contributed by atoms with van der Waals surface area (Å²) in [4.78, 5) is 32.5. The molecule has 2 aromatic rings.